The molecule has 136 valence electrons. The monoisotopic (exact) mass is 398 g/mol. The second-order valence-corrected chi connectivity index (χ2v) is 10.8. The van der Waals surface area contributed by atoms with Gasteiger partial charge in [0, 0.05) is 12.1 Å². The van der Waals surface area contributed by atoms with E-state index in [1.807, 2.05) is 38.1 Å². The average molecular weight is 399 g/mol. The van der Waals surface area contributed by atoms with E-state index < -0.39 is 9.84 Å². The Morgan fingerprint density at radius 1 is 1.44 bits per heavy atom. The van der Waals surface area contributed by atoms with Crippen LogP contribution in [0.5, 0.6) is 0 Å². The zero-order valence-corrected chi connectivity index (χ0v) is 16.8. The molecule has 1 aliphatic rings. The quantitative estimate of drug-likeness (QED) is 0.699. The maximum Gasteiger partial charge on any atom is 0.233 e. The maximum atomic E-state index is 12.8. The second kappa shape index (κ2) is 7.63. The molecule has 5 nitrogen and oxygen atoms in total. The molecule has 0 bridgehead atoms. The van der Waals surface area contributed by atoms with Crippen molar-refractivity contribution < 1.29 is 13.2 Å². The Morgan fingerprint density at radius 2 is 2.20 bits per heavy atom. The Hall–Kier alpha value is -1.12. The highest BCUT2D eigenvalue weighted by Crippen LogP contribution is 2.30. The molecule has 0 radical (unpaired) electrons. The van der Waals surface area contributed by atoms with Crippen LogP contribution in [0.15, 0.2) is 28.6 Å². The molecule has 3 rings (SSSR count). The number of benzene rings is 1. The van der Waals surface area contributed by atoms with Crippen molar-refractivity contribution in [2.45, 2.75) is 43.1 Å². The van der Waals surface area contributed by atoms with Gasteiger partial charge >= 0.3 is 0 Å². The first-order chi connectivity index (χ1) is 11.9. The summed E-state index contributed by atoms with van der Waals surface area (Å²) in [4.78, 5) is 19.2. The summed E-state index contributed by atoms with van der Waals surface area (Å²) in [6.07, 6.45) is 1.36. The molecule has 0 unspecified atom stereocenters. The minimum Gasteiger partial charge on any atom is -0.335 e. The number of rotatable bonds is 6. The van der Waals surface area contributed by atoms with Crippen molar-refractivity contribution in [3.63, 3.8) is 0 Å². The molecule has 8 heteroatoms. The van der Waals surface area contributed by atoms with E-state index in [2.05, 4.69) is 4.98 Å². The van der Waals surface area contributed by atoms with Crippen LogP contribution < -0.4 is 0 Å². The summed E-state index contributed by atoms with van der Waals surface area (Å²) in [7, 11) is -3.01. The maximum absolute atomic E-state index is 12.8. The van der Waals surface area contributed by atoms with Gasteiger partial charge in [0.25, 0.3) is 0 Å². The van der Waals surface area contributed by atoms with Gasteiger partial charge < -0.3 is 4.90 Å². The van der Waals surface area contributed by atoms with Crippen molar-refractivity contribution >= 4 is 49.1 Å². The lowest BCUT2D eigenvalue weighted by atomic mass is 10.1. The van der Waals surface area contributed by atoms with Crippen molar-refractivity contribution in [1.29, 1.82) is 0 Å². The van der Waals surface area contributed by atoms with E-state index in [0.29, 0.717) is 12.2 Å². The van der Waals surface area contributed by atoms with Crippen LogP contribution in [0, 0.1) is 0 Å². The molecule has 2 heterocycles. The molecule has 0 aliphatic carbocycles. The van der Waals surface area contributed by atoms with Crippen molar-refractivity contribution in [2.24, 2.45) is 0 Å². The van der Waals surface area contributed by atoms with Crippen LogP contribution in [0.2, 0.25) is 0 Å². The number of amides is 1. The van der Waals surface area contributed by atoms with Crippen LogP contribution >= 0.6 is 23.1 Å². The van der Waals surface area contributed by atoms with Crippen LogP contribution in [-0.2, 0) is 14.6 Å². The Bertz CT molecular complexity index is 830. The smallest absolute Gasteiger partial charge is 0.233 e. The third-order valence-corrected chi connectivity index (χ3v) is 8.46. The summed E-state index contributed by atoms with van der Waals surface area (Å²) in [6, 6.07) is 7.77. The average Bonchev–Trinajstić information content (AvgIpc) is 3.15. The highest BCUT2D eigenvalue weighted by atomic mass is 32.2. The summed E-state index contributed by atoms with van der Waals surface area (Å²) in [5.74, 6) is 0.569. The fourth-order valence-electron chi connectivity index (χ4n) is 3.11. The molecule has 1 aromatic heterocycles. The van der Waals surface area contributed by atoms with E-state index in [1.54, 1.807) is 16.2 Å². The van der Waals surface area contributed by atoms with Gasteiger partial charge in [0.15, 0.2) is 14.2 Å². The number of hydrogen-bond donors (Lipinski definition) is 0. The van der Waals surface area contributed by atoms with E-state index >= 15 is 0 Å². The molecule has 1 saturated heterocycles. The lowest BCUT2D eigenvalue weighted by Crippen LogP contribution is -2.47. The van der Waals surface area contributed by atoms with Crippen LogP contribution in [0.25, 0.3) is 10.2 Å². The summed E-state index contributed by atoms with van der Waals surface area (Å²) in [6.45, 7) is 4.01. The summed E-state index contributed by atoms with van der Waals surface area (Å²) in [5, 5.41) is 0. The first kappa shape index (κ1) is 18.7. The zero-order valence-electron chi connectivity index (χ0n) is 14.3. The fraction of sp³-hybridized carbons (Fsp3) is 0.529. The van der Waals surface area contributed by atoms with E-state index in [-0.39, 0.29) is 29.5 Å². The molecule has 0 saturated carbocycles. The zero-order chi connectivity index (χ0) is 18.0. The van der Waals surface area contributed by atoms with Crippen LogP contribution in [0.3, 0.4) is 0 Å². The van der Waals surface area contributed by atoms with Crippen molar-refractivity contribution in [3.05, 3.63) is 24.3 Å². The Balaban J connectivity index is 1.69. The van der Waals surface area contributed by atoms with Gasteiger partial charge in [-0.3, -0.25) is 4.79 Å². The predicted octanol–water partition coefficient (Wildman–Crippen LogP) is 3.20. The van der Waals surface area contributed by atoms with Gasteiger partial charge in [-0.1, -0.05) is 30.8 Å². The number of para-hydroxylation sites is 1. The Labute approximate surface area is 156 Å². The molecular formula is C17H22N2O3S3. The summed E-state index contributed by atoms with van der Waals surface area (Å²) in [5.41, 5.74) is 0.947. The number of thioether (sulfide) groups is 1. The summed E-state index contributed by atoms with van der Waals surface area (Å²) < 4.78 is 25.6. The topological polar surface area (TPSA) is 67.3 Å². The SMILES string of the molecule is CC[C@H](C)N(C(=O)CSc1nc2ccccc2s1)[C@H]1CCS(=O)(=O)C1. The molecule has 0 N–H and O–H groups in total. The predicted molar refractivity (Wildman–Crippen MR) is 104 cm³/mol. The number of sulfone groups is 1. The van der Waals surface area contributed by atoms with E-state index in [9.17, 15) is 13.2 Å². The lowest BCUT2D eigenvalue weighted by Gasteiger charge is -2.33. The number of thiazole rings is 1. The van der Waals surface area contributed by atoms with Gasteiger partial charge in [-0.25, -0.2) is 13.4 Å². The third kappa shape index (κ3) is 4.35. The normalized spacial score (nSPS) is 20.6. The first-order valence-electron chi connectivity index (χ1n) is 8.39. The molecule has 1 fully saturated rings. The number of carbonyl (C=O) groups is 1. The highest BCUT2D eigenvalue weighted by Gasteiger charge is 2.36. The van der Waals surface area contributed by atoms with Gasteiger partial charge in [0.1, 0.15) is 0 Å². The van der Waals surface area contributed by atoms with Gasteiger partial charge in [-0.2, -0.15) is 0 Å². The molecular weight excluding hydrogens is 376 g/mol. The van der Waals surface area contributed by atoms with E-state index in [1.165, 1.54) is 11.8 Å². The number of nitrogens with zero attached hydrogens (tertiary/aromatic N) is 2. The number of hydrogen-bond acceptors (Lipinski definition) is 6. The molecule has 0 spiro atoms. The van der Waals surface area contributed by atoms with Gasteiger partial charge in [-0.15, -0.1) is 11.3 Å². The Morgan fingerprint density at radius 3 is 2.84 bits per heavy atom. The van der Waals surface area contributed by atoms with Crippen LogP contribution in [0.4, 0.5) is 0 Å². The molecule has 1 amide bonds. The minimum atomic E-state index is -3.01. The molecule has 2 aromatic rings. The fourth-order valence-corrected chi connectivity index (χ4v) is 6.76. The standard InChI is InChI=1S/C17H22N2O3S3/c1-3-12(2)19(13-8-9-25(21,22)11-13)16(20)10-23-17-18-14-6-4-5-7-15(14)24-17/h4-7,12-13H,3,8-11H2,1-2H3/t12-,13-/m0/s1. The number of carbonyl (C=O) groups excluding carboxylic acids is 1. The van der Waals surface area contributed by atoms with Gasteiger partial charge in [0.2, 0.25) is 5.91 Å². The molecule has 2 atom stereocenters. The lowest BCUT2D eigenvalue weighted by molar-refractivity contribution is -0.132. The van der Waals surface area contributed by atoms with Gasteiger partial charge in [0.05, 0.1) is 27.5 Å². The third-order valence-electron chi connectivity index (χ3n) is 4.55. The Kier molecular flexibility index (Phi) is 5.70. The van der Waals surface area contributed by atoms with Crippen molar-refractivity contribution in [3.8, 4) is 0 Å². The number of fused-ring (bicyclic) bond motifs is 1. The van der Waals surface area contributed by atoms with Crippen molar-refractivity contribution in [1.82, 2.24) is 9.88 Å². The number of aromatic nitrogens is 1. The second-order valence-electron chi connectivity index (χ2n) is 6.35. The summed E-state index contributed by atoms with van der Waals surface area (Å²) >= 11 is 3.02. The van der Waals surface area contributed by atoms with E-state index in [4.69, 9.17) is 0 Å². The minimum absolute atomic E-state index is 0.000654. The van der Waals surface area contributed by atoms with Crippen molar-refractivity contribution in [2.75, 3.05) is 17.3 Å². The molecule has 1 aliphatic heterocycles. The highest BCUT2D eigenvalue weighted by molar-refractivity contribution is 8.01. The first-order valence-corrected chi connectivity index (χ1v) is 12.0. The largest absolute Gasteiger partial charge is 0.335 e. The molecule has 1 aromatic carbocycles. The van der Waals surface area contributed by atoms with Gasteiger partial charge in [-0.05, 0) is 31.9 Å². The van der Waals surface area contributed by atoms with E-state index in [0.717, 1.165) is 21.0 Å². The van der Waals surface area contributed by atoms with Crippen LogP contribution in [0.1, 0.15) is 26.7 Å². The van der Waals surface area contributed by atoms with Crippen LogP contribution in [-0.4, -0.2) is 53.6 Å². The molecule has 25 heavy (non-hydrogen) atoms.